The number of rotatable bonds is 2. The molecule has 1 saturated heterocycles. The Labute approximate surface area is 115 Å². The summed E-state index contributed by atoms with van der Waals surface area (Å²) >= 11 is 0. The summed E-state index contributed by atoms with van der Waals surface area (Å²) in [5.74, 6) is 0. The molecular weight excluding hydrogens is 236 g/mol. The van der Waals surface area contributed by atoms with Gasteiger partial charge in [-0.25, -0.2) is 0 Å². The van der Waals surface area contributed by atoms with Gasteiger partial charge in [0.15, 0.2) is 0 Å². The number of piperazine rings is 1. The van der Waals surface area contributed by atoms with Crippen LogP contribution in [0.1, 0.15) is 23.2 Å². The highest BCUT2D eigenvalue weighted by Crippen LogP contribution is 2.36. The highest BCUT2D eigenvalue weighted by atomic mass is 15.3. The summed E-state index contributed by atoms with van der Waals surface area (Å²) in [6.45, 7) is 6.26. The van der Waals surface area contributed by atoms with E-state index < -0.39 is 0 Å². The van der Waals surface area contributed by atoms with E-state index in [1.807, 2.05) is 0 Å². The zero-order valence-corrected chi connectivity index (χ0v) is 11.7. The van der Waals surface area contributed by atoms with Crippen LogP contribution in [-0.4, -0.2) is 56.1 Å². The molecule has 104 valence electrons. The number of benzene rings is 1. The second-order valence-corrected chi connectivity index (χ2v) is 5.62. The summed E-state index contributed by atoms with van der Waals surface area (Å²) in [6.07, 6.45) is 0. The molecule has 0 saturated carbocycles. The van der Waals surface area contributed by atoms with E-state index in [9.17, 15) is 0 Å². The van der Waals surface area contributed by atoms with E-state index in [0.29, 0.717) is 18.6 Å². The van der Waals surface area contributed by atoms with Crippen LogP contribution >= 0.6 is 0 Å². The predicted octanol–water partition coefficient (Wildman–Crippen LogP) is 0.578. The quantitative estimate of drug-likeness (QED) is 0.816. The maximum atomic E-state index is 5.97. The lowest BCUT2D eigenvalue weighted by atomic mass is 9.88. The van der Waals surface area contributed by atoms with Crippen molar-refractivity contribution in [1.29, 1.82) is 0 Å². The van der Waals surface area contributed by atoms with Crippen molar-refractivity contribution in [2.75, 3.05) is 46.3 Å². The van der Waals surface area contributed by atoms with Gasteiger partial charge in [-0.15, -0.1) is 0 Å². The molecule has 1 aromatic rings. The maximum Gasteiger partial charge on any atom is 0.0479 e. The first-order valence-electron chi connectivity index (χ1n) is 7.25. The van der Waals surface area contributed by atoms with E-state index in [4.69, 9.17) is 5.73 Å². The van der Waals surface area contributed by atoms with Crippen LogP contribution in [0, 0.1) is 0 Å². The molecular formula is C15H24N4. The molecule has 0 amide bonds. The van der Waals surface area contributed by atoms with E-state index in [2.05, 4.69) is 46.4 Å². The van der Waals surface area contributed by atoms with Crippen molar-refractivity contribution in [3.63, 3.8) is 0 Å². The van der Waals surface area contributed by atoms with Crippen LogP contribution in [0.5, 0.6) is 0 Å². The summed E-state index contributed by atoms with van der Waals surface area (Å²) in [6, 6.07) is 9.72. The lowest BCUT2D eigenvalue weighted by Crippen LogP contribution is -2.50. The lowest BCUT2D eigenvalue weighted by molar-refractivity contribution is 0.101. The highest BCUT2D eigenvalue weighted by Gasteiger charge is 2.33. The second-order valence-electron chi connectivity index (χ2n) is 5.62. The molecule has 4 heteroatoms. The Kier molecular flexibility index (Phi) is 3.84. The Morgan fingerprint density at radius 1 is 1.21 bits per heavy atom. The fraction of sp³-hybridized carbons (Fsp3) is 0.600. The maximum absolute atomic E-state index is 5.97. The van der Waals surface area contributed by atoms with Crippen molar-refractivity contribution < 1.29 is 0 Å². The van der Waals surface area contributed by atoms with Gasteiger partial charge in [-0.05, 0) is 18.2 Å². The molecule has 0 aliphatic carbocycles. The van der Waals surface area contributed by atoms with Crippen molar-refractivity contribution in [3.05, 3.63) is 35.4 Å². The molecule has 2 aliphatic rings. The van der Waals surface area contributed by atoms with Crippen molar-refractivity contribution in [1.82, 2.24) is 15.1 Å². The monoisotopic (exact) mass is 260 g/mol. The summed E-state index contributed by atoms with van der Waals surface area (Å²) in [5.41, 5.74) is 8.87. The molecule has 3 rings (SSSR count). The summed E-state index contributed by atoms with van der Waals surface area (Å²) in [4.78, 5) is 5.02. The lowest BCUT2D eigenvalue weighted by Gasteiger charge is -2.44. The minimum atomic E-state index is 0.371. The zero-order valence-electron chi connectivity index (χ0n) is 11.7. The second kappa shape index (κ2) is 5.59. The van der Waals surface area contributed by atoms with Crippen molar-refractivity contribution in [2.45, 2.75) is 12.1 Å². The molecule has 3 N–H and O–H groups in total. The van der Waals surface area contributed by atoms with Gasteiger partial charge in [-0.1, -0.05) is 24.3 Å². The minimum Gasteiger partial charge on any atom is -0.329 e. The topological polar surface area (TPSA) is 44.5 Å². The smallest absolute Gasteiger partial charge is 0.0479 e. The molecule has 0 bridgehead atoms. The number of likely N-dealkylation sites (N-methyl/N-ethyl adjacent to an activating group) is 1. The average Bonchev–Trinajstić information content (AvgIpc) is 2.47. The van der Waals surface area contributed by atoms with Crippen LogP contribution in [0.4, 0.5) is 0 Å². The summed E-state index contributed by atoms with van der Waals surface area (Å²) in [5, 5.41) is 3.43. The number of hydrogen-bond donors (Lipinski definition) is 2. The minimum absolute atomic E-state index is 0.371. The van der Waals surface area contributed by atoms with Gasteiger partial charge in [-0.3, -0.25) is 9.80 Å². The van der Waals surface area contributed by atoms with Crippen LogP contribution in [0.2, 0.25) is 0 Å². The zero-order chi connectivity index (χ0) is 13.2. The number of nitrogens with one attached hydrogen (secondary N) is 1. The van der Waals surface area contributed by atoms with Crippen LogP contribution < -0.4 is 11.1 Å². The Morgan fingerprint density at radius 3 is 2.58 bits per heavy atom. The van der Waals surface area contributed by atoms with E-state index in [0.717, 1.165) is 32.7 Å². The Morgan fingerprint density at radius 2 is 1.89 bits per heavy atom. The molecule has 1 fully saturated rings. The molecule has 2 atom stereocenters. The van der Waals surface area contributed by atoms with Gasteiger partial charge in [0.25, 0.3) is 0 Å². The van der Waals surface area contributed by atoms with Gasteiger partial charge in [0.1, 0.15) is 0 Å². The van der Waals surface area contributed by atoms with Crippen molar-refractivity contribution >= 4 is 0 Å². The van der Waals surface area contributed by atoms with Crippen molar-refractivity contribution in [3.8, 4) is 0 Å². The van der Waals surface area contributed by atoms with E-state index in [1.54, 1.807) is 0 Å². The molecule has 2 unspecified atom stereocenters. The highest BCUT2D eigenvalue weighted by molar-refractivity contribution is 5.35. The molecule has 0 aromatic heterocycles. The van der Waals surface area contributed by atoms with Crippen LogP contribution in [0.3, 0.4) is 0 Å². The van der Waals surface area contributed by atoms with Gasteiger partial charge in [-0.2, -0.15) is 0 Å². The standard InChI is InChI=1S/C15H24N4/c1-18-11-15(19-8-6-17-7-9-19)13-5-3-2-4-12(13)14(18)10-16/h2-5,14-15,17H,6-11,16H2,1H3. The molecule has 4 nitrogen and oxygen atoms in total. The van der Waals surface area contributed by atoms with Gasteiger partial charge in [0, 0.05) is 51.4 Å². The number of hydrogen-bond acceptors (Lipinski definition) is 4. The Balaban J connectivity index is 1.93. The molecule has 0 spiro atoms. The van der Waals surface area contributed by atoms with Crippen LogP contribution in [0.15, 0.2) is 24.3 Å². The van der Waals surface area contributed by atoms with E-state index >= 15 is 0 Å². The molecule has 2 heterocycles. The number of nitrogens with zero attached hydrogens (tertiary/aromatic N) is 2. The molecule has 19 heavy (non-hydrogen) atoms. The normalized spacial score (nSPS) is 29.2. The van der Waals surface area contributed by atoms with Gasteiger partial charge < -0.3 is 11.1 Å². The fourth-order valence-corrected chi connectivity index (χ4v) is 3.47. The van der Waals surface area contributed by atoms with Gasteiger partial charge in [0.05, 0.1) is 0 Å². The fourth-order valence-electron chi connectivity index (χ4n) is 3.47. The number of fused-ring (bicyclic) bond motifs is 1. The summed E-state index contributed by atoms with van der Waals surface area (Å²) < 4.78 is 0. The Bertz CT molecular complexity index is 428. The van der Waals surface area contributed by atoms with Crippen LogP contribution in [0.25, 0.3) is 0 Å². The first-order valence-corrected chi connectivity index (χ1v) is 7.25. The average molecular weight is 260 g/mol. The Hall–Kier alpha value is -0.940. The first kappa shape index (κ1) is 13.1. The molecule has 2 aliphatic heterocycles. The molecule has 0 radical (unpaired) electrons. The van der Waals surface area contributed by atoms with Gasteiger partial charge >= 0.3 is 0 Å². The third kappa shape index (κ3) is 2.41. The van der Waals surface area contributed by atoms with Crippen molar-refractivity contribution in [2.24, 2.45) is 5.73 Å². The first-order chi connectivity index (χ1) is 9.31. The SMILES string of the molecule is CN1CC(N2CCNCC2)c2ccccc2C1CN. The third-order valence-electron chi connectivity index (χ3n) is 4.52. The predicted molar refractivity (Wildman–Crippen MR) is 78.1 cm³/mol. The van der Waals surface area contributed by atoms with E-state index in [1.165, 1.54) is 11.1 Å². The summed E-state index contributed by atoms with van der Waals surface area (Å²) in [7, 11) is 2.20. The van der Waals surface area contributed by atoms with Crippen LogP contribution in [-0.2, 0) is 0 Å². The largest absolute Gasteiger partial charge is 0.329 e. The molecule has 1 aromatic carbocycles. The van der Waals surface area contributed by atoms with E-state index in [-0.39, 0.29) is 0 Å². The van der Waals surface area contributed by atoms with Gasteiger partial charge in [0.2, 0.25) is 0 Å². The third-order valence-corrected chi connectivity index (χ3v) is 4.52. The number of nitrogens with two attached hydrogens (primary N) is 1.